The molecular weight excluding hydrogens is 202 g/mol. The molecule has 0 radical (unpaired) electrons. The van der Waals surface area contributed by atoms with E-state index in [1.807, 2.05) is 13.8 Å². The first-order chi connectivity index (χ1) is 6.54. The predicted octanol–water partition coefficient (Wildman–Crippen LogP) is 2.00. The average Bonchev–Trinajstić information content (AvgIpc) is 2.20. The van der Waals surface area contributed by atoms with Gasteiger partial charge in [0.15, 0.2) is 0 Å². The highest BCUT2D eigenvalue weighted by atomic mass is 32.2. The Labute approximate surface area is 84.7 Å². The lowest BCUT2D eigenvalue weighted by atomic mass is 10.3. The van der Waals surface area contributed by atoms with E-state index in [-0.39, 0.29) is 4.90 Å². The van der Waals surface area contributed by atoms with Gasteiger partial charge in [0.25, 0.3) is 10.1 Å². The number of benzene rings is 1. The molecule has 0 aliphatic rings. The first-order valence-corrected chi connectivity index (χ1v) is 5.73. The second kappa shape index (κ2) is 5.62. The standard InChI is InChI=1S/C7H9NO3S.C2H6/c1-8-6-3-2-4-7(5-6)12(9,10)11;1-2/h2-5,8H,1H3,(H,9,10,11);1-2H3. The summed E-state index contributed by atoms with van der Waals surface area (Å²) in [6.45, 7) is 4.00. The molecule has 14 heavy (non-hydrogen) atoms. The molecule has 0 fully saturated rings. The Morgan fingerprint density at radius 3 is 2.29 bits per heavy atom. The summed E-state index contributed by atoms with van der Waals surface area (Å²) in [7, 11) is -2.41. The van der Waals surface area contributed by atoms with Crippen LogP contribution in [0.5, 0.6) is 0 Å². The van der Waals surface area contributed by atoms with Crippen molar-refractivity contribution in [2.75, 3.05) is 12.4 Å². The summed E-state index contributed by atoms with van der Waals surface area (Å²) in [4.78, 5) is -0.102. The summed E-state index contributed by atoms with van der Waals surface area (Å²) in [5.41, 5.74) is 0.644. The minimum Gasteiger partial charge on any atom is -0.388 e. The quantitative estimate of drug-likeness (QED) is 0.743. The highest BCUT2D eigenvalue weighted by Gasteiger charge is 2.08. The average molecular weight is 217 g/mol. The minimum absolute atomic E-state index is 0.102. The Balaban J connectivity index is 0.000000791. The van der Waals surface area contributed by atoms with E-state index < -0.39 is 10.1 Å². The van der Waals surface area contributed by atoms with Gasteiger partial charge < -0.3 is 5.32 Å². The smallest absolute Gasteiger partial charge is 0.294 e. The van der Waals surface area contributed by atoms with Crippen LogP contribution in [0.15, 0.2) is 29.2 Å². The van der Waals surface area contributed by atoms with E-state index in [0.717, 1.165) is 0 Å². The van der Waals surface area contributed by atoms with Gasteiger partial charge in [0.1, 0.15) is 0 Å². The van der Waals surface area contributed by atoms with Gasteiger partial charge in [-0.2, -0.15) is 8.42 Å². The lowest BCUT2D eigenvalue weighted by molar-refractivity contribution is 0.483. The third-order valence-electron chi connectivity index (χ3n) is 1.42. The molecule has 0 bridgehead atoms. The van der Waals surface area contributed by atoms with Gasteiger partial charge >= 0.3 is 0 Å². The van der Waals surface area contributed by atoms with Crippen LogP contribution in [-0.2, 0) is 10.1 Å². The third-order valence-corrected chi connectivity index (χ3v) is 2.27. The van der Waals surface area contributed by atoms with E-state index in [0.29, 0.717) is 5.69 Å². The maximum atomic E-state index is 10.6. The second-order valence-electron chi connectivity index (χ2n) is 2.25. The zero-order chi connectivity index (χ0) is 11.2. The summed E-state index contributed by atoms with van der Waals surface area (Å²) in [6.07, 6.45) is 0. The zero-order valence-electron chi connectivity index (χ0n) is 8.48. The molecule has 0 aliphatic carbocycles. The Morgan fingerprint density at radius 1 is 1.29 bits per heavy atom. The number of nitrogens with one attached hydrogen (secondary N) is 1. The molecule has 0 saturated heterocycles. The fourth-order valence-electron chi connectivity index (χ4n) is 0.812. The highest BCUT2D eigenvalue weighted by molar-refractivity contribution is 7.85. The molecule has 1 rings (SSSR count). The molecule has 0 heterocycles. The Hall–Kier alpha value is -1.07. The van der Waals surface area contributed by atoms with Crippen molar-refractivity contribution in [1.82, 2.24) is 0 Å². The number of hydrogen-bond acceptors (Lipinski definition) is 3. The van der Waals surface area contributed by atoms with Crippen LogP contribution in [0.1, 0.15) is 13.8 Å². The first-order valence-electron chi connectivity index (χ1n) is 4.29. The fraction of sp³-hybridized carbons (Fsp3) is 0.333. The molecular formula is C9H15NO3S. The largest absolute Gasteiger partial charge is 0.388 e. The molecule has 1 aromatic carbocycles. The zero-order valence-corrected chi connectivity index (χ0v) is 9.30. The van der Waals surface area contributed by atoms with Crippen LogP contribution < -0.4 is 5.32 Å². The van der Waals surface area contributed by atoms with Crippen molar-refractivity contribution in [3.05, 3.63) is 24.3 Å². The van der Waals surface area contributed by atoms with Crippen molar-refractivity contribution in [3.8, 4) is 0 Å². The number of rotatable bonds is 2. The first kappa shape index (κ1) is 12.9. The lowest BCUT2D eigenvalue weighted by Crippen LogP contribution is -1.98. The molecule has 0 spiro atoms. The van der Waals surface area contributed by atoms with Crippen LogP contribution in [0.2, 0.25) is 0 Å². The van der Waals surface area contributed by atoms with E-state index in [9.17, 15) is 8.42 Å². The summed E-state index contributed by atoms with van der Waals surface area (Å²) in [5.74, 6) is 0. The second-order valence-corrected chi connectivity index (χ2v) is 3.67. The fourth-order valence-corrected chi connectivity index (χ4v) is 1.34. The van der Waals surface area contributed by atoms with E-state index in [4.69, 9.17) is 4.55 Å². The molecule has 0 aliphatic heterocycles. The van der Waals surface area contributed by atoms with Gasteiger partial charge in [-0.05, 0) is 18.2 Å². The Bertz CT molecular complexity index is 373. The molecule has 2 N–H and O–H groups in total. The van der Waals surface area contributed by atoms with Crippen molar-refractivity contribution in [1.29, 1.82) is 0 Å². The predicted molar refractivity (Wildman–Crippen MR) is 57.2 cm³/mol. The van der Waals surface area contributed by atoms with Crippen molar-refractivity contribution in [2.24, 2.45) is 0 Å². The SMILES string of the molecule is CC.CNc1cccc(S(=O)(=O)O)c1. The number of hydrogen-bond donors (Lipinski definition) is 2. The molecule has 1 aromatic rings. The summed E-state index contributed by atoms with van der Waals surface area (Å²) >= 11 is 0. The van der Waals surface area contributed by atoms with E-state index in [1.54, 1.807) is 19.2 Å². The van der Waals surface area contributed by atoms with E-state index >= 15 is 0 Å². The normalized spacial score (nSPS) is 10.0. The maximum absolute atomic E-state index is 10.6. The summed E-state index contributed by atoms with van der Waals surface area (Å²) in [5, 5.41) is 2.76. The maximum Gasteiger partial charge on any atom is 0.294 e. The minimum atomic E-state index is -4.08. The van der Waals surface area contributed by atoms with Gasteiger partial charge in [-0.3, -0.25) is 4.55 Å². The molecule has 0 aromatic heterocycles. The number of anilines is 1. The van der Waals surface area contributed by atoms with Crippen molar-refractivity contribution in [3.63, 3.8) is 0 Å². The molecule has 0 saturated carbocycles. The van der Waals surface area contributed by atoms with Gasteiger partial charge in [0.05, 0.1) is 4.90 Å². The monoisotopic (exact) mass is 217 g/mol. The van der Waals surface area contributed by atoms with Crippen molar-refractivity contribution in [2.45, 2.75) is 18.7 Å². The van der Waals surface area contributed by atoms with Gasteiger partial charge in [0, 0.05) is 12.7 Å². The van der Waals surface area contributed by atoms with Gasteiger partial charge in [-0.15, -0.1) is 0 Å². The van der Waals surface area contributed by atoms with Crippen LogP contribution in [0.4, 0.5) is 5.69 Å². The highest BCUT2D eigenvalue weighted by Crippen LogP contribution is 2.13. The van der Waals surface area contributed by atoms with Crippen LogP contribution in [0, 0.1) is 0 Å². The molecule has 0 amide bonds. The van der Waals surface area contributed by atoms with Crippen LogP contribution >= 0.6 is 0 Å². The molecule has 80 valence electrons. The van der Waals surface area contributed by atoms with Gasteiger partial charge in [-0.25, -0.2) is 0 Å². The van der Waals surface area contributed by atoms with Gasteiger partial charge in [0.2, 0.25) is 0 Å². The van der Waals surface area contributed by atoms with Crippen LogP contribution in [-0.4, -0.2) is 20.0 Å². The lowest BCUT2D eigenvalue weighted by Gasteiger charge is -2.00. The molecule has 5 heteroatoms. The third kappa shape index (κ3) is 3.76. The van der Waals surface area contributed by atoms with Crippen molar-refractivity contribution < 1.29 is 13.0 Å². The summed E-state index contributed by atoms with van der Waals surface area (Å²) in [6, 6.07) is 5.94. The van der Waals surface area contributed by atoms with E-state index in [2.05, 4.69) is 5.32 Å². The van der Waals surface area contributed by atoms with E-state index in [1.165, 1.54) is 12.1 Å². The summed E-state index contributed by atoms with van der Waals surface area (Å²) < 4.78 is 29.9. The Kier molecular flexibility index (Phi) is 5.19. The van der Waals surface area contributed by atoms with Gasteiger partial charge in [-0.1, -0.05) is 19.9 Å². The topological polar surface area (TPSA) is 66.4 Å². The molecule has 0 unspecified atom stereocenters. The van der Waals surface area contributed by atoms with Crippen molar-refractivity contribution >= 4 is 15.8 Å². The Morgan fingerprint density at radius 2 is 1.86 bits per heavy atom. The molecule has 0 atom stereocenters. The van der Waals surface area contributed by atoms with Crippen LogP contribution in [0.3, 0.4) is 0 Å². The van der Waals surface area contributed by atoms with Crippen LogP contribution in [0.25, 0.3) is 0 Å². The molecule has 4 nitrogen and oxygen atoms in total.